The Morgan fingerprint density at radius 2 is 1.94 bits per heavy atom. The Morgan fingerprint density at radius 3 is 2.61 bits per heavy atom. The molecule has 6 nitrogen and oxygen atoms in total. The second-order valence-electron chi connectivity index (χ2n) is 8.13. The summed E-state index contributed by atoms with van der Waals surface area (Å²) in [5, 5.41) is 11.2. The summed E-state index contributed by atoms with van der Waals surface area (Å²) in [5.41, 5.74) is 3.32. The number of ether oxygens (including phenoxy) is 2. The summed E-state index contributed by atoms with van der Waals surface area (Å²) < 4.78 is 11.3. The predicted molar refractivity (Wildman–Crippen MR) is 117 cm³/mol. The molecule has 2 heterocycles. The van der Waals surface area contributed by atoms with E-state index in [1.54, 1.807) is 19.2 Å². The topological polar surface area (TPSA) is 76.1 Å². The molecule has 2 aliphatic heterocycles. The molecule has 0 aromatic heterocycles. The van der Waals surface area contributed by atoms with Gasteiger partial charge in [0.1, 0.15) is 11.5 Å². The molecule has 0 aliphatic carbocycles. The maximum Gasteiger partial charge on any atom is 0.295 e. The molecule has 1 N–H and O–H groups in total. The van der Waals surface area contributed by atoms with E-state index in [-0.39, 0.29) is 24.0 Å². The number of nitrogens with zero attached hydrogens (tertiary/aromatic N) is 1. The third kappa shape index (κ3) is 3.83. The Balaban J connectivity index is 1.87. The van der Waals surface area contributed by atoms with Crippen molar-refractivity contribution < 1.29 is 24.2 Å². The standard InChI is InChI=1S/C25H27NO5/c1-15-10-11-17(13-16(15)2)23(27)21-22(19-8-4-5-9-20(19)30-3)26(25(29)24(21)28)14-18-7-6-12-31-18/h4-5,8-11,13,18,22,27H,6-7,12,14H2,1-3H3/b23-21+. The molecule has 0 spiro atoms. The van der Waals surface area contributed by atoms with E-state index in [1.165, 1.54) is 4.90 Å². The van der Waals surface area contributed by atoms with Crippen molar-refractivity contribution in [3.05, 3.63) is 70.3 Å². The van der Waals surface area contributed by atoms with Crippen LogP contribution in [0.15, 0.2) is 48.0 Å². The Morgan fingerprint density at radius 1 is 1.16 bits per heavy atom. The van der Waals surface area contributed by atoms with E-state index in [0.717, 1.165) is 24.0 Å². The van der Waals surface area contributed by atoms with Crippen molar-refractivity contribution in [2.24, 2.45) is 0 Å². The highest BCUT2D eigenvalue weighted by atomic mass is 16.5. The fourth-order valence-electron chi connectivity index (χ4n) is 4.34. The number of para-hydroxylation sites is 1. The van der Waals surface area contributed by atoms with Crippen LogP contribution in [0.5, 0.6) is 5.75 Å². The number of aryl methyl sites for hydroxylation is 2. The predicted octanol–water partition coefficient (Wildman–Crippen LogP) is 3.91. The normalized spacial score (nSPS) is 22.9. The Labute approximate surface area is 182 Å². The van der Waals surface area contributed by atoms with Crippen LogP contribution in [0.2, 0.25) is 0 Å². The maximum atomic E-state index is 13.1. The fourth-order valence-corrected chi connectivity index (χ4v) is 4.34. The number of hydrogen-bond acceptors (Lipinski definition) is 5. The molecule has 2 unspecified atom stereocenters. The first kappa shape index (κ1) is 21.1. The smallest absolute Gasteiger partial charge is 0.295 e. The molecular weight excluding hydrogens is 394 g/mol. The number of Topliss-reactive ketones (excluding diaryl/α,β-unsaturated/α-hetero) is 1. The van der Waals surface area contributed by atoms with Gasteiger partial charge in [-0.15, -0.1) is 0 Å². The SMILES string of the molecule is COc1ccccc1C1/C(=C(\O)c2ccc(C)c(C)c2)C(=O)C(=O)N1CC1CCCO1. The number of carbonyl (C=O) groups is 2. The zero-order chi connectivity index (χ0) is 22.1. The van der Waals surface area contributed by atoms with Gasteiger partial charge in [0, 0.05) is 24.3 Å². The Kier molecular flexibility index (Phi) is 5.83. The molecule has 2 saturated heterocycles. The van der Waals surface area contributed by atoms with E-state index in [4.69, 9.17) is 9.47 Å². The first-order valence-corrected chi connectivity index (χ1v) is 10.5. The van der Waals surface area contributed by atoms with Crippen molar-refractivity contribution >= 4 is 17.4 Å². The summed E-state index contributed by atoms with van der Waals surface area (Å²) in [6.45, 7) is 4.86. The van der Waals surface area contributed by atoms with E-state index in [0.29, 0.717) is 23.5 Å². The van der Waals surface area contributed by atoms with Crippen LogP contribution in [0.1, 0.15) is 41.1 Å². The number of carbonyl (C=O) groups excluding carboxylic acids is 2. The molecule has 2 atom stereocenters. The van der Waals surface area contributed by atoms with Crippen LogP contribution in [-0.2, 0) is 14.3 Å². The van der Waals surface area contributed by atoms with Crippen LogP contribution in [-0.4, -0.2) is 48.1 Å². The van der Waals surface area contributed by atoms with Gasteiger partial charge in [-0.1, -0.05) is 30.3 Å². The number of methoxy groups -OCH3 is 1. The molecule has 2 aliphatic rings. The fraction of sp³-hybridized carbons (Fsp3) is 0.360. The molecule has 0 bridgehead atoms. The van der Waals surface area contributed by atoms with Gasteiger partial charge in [-0.2, -0.15) is 0 Å². The highest BCUT2D eigenvalue weighted by Crippen LogP contribution is 2.43. The lowest BCUT2D eigenvalue weighted by atomic mass is 9.93. The van der Waals surface area contributed by atoms with Gasteiger partial charge < -0.3 is 19.5 Å². The average molecular weight is 421 g/mol. The lowest BCUT2D eigenvalue weighted by Crippen LogP contribution is -2.36. The second kappa shape index (κ2) is 8.55. The van der Waals surface area contributed by atoms with Crippen molar-refractivity contribution in [2.75, 3.05) is 20.3 Å². The summed E-state index contributed by atoms with van der Waals surface area (Å²) in [6.07, 6.45) is 1.63. The third-order valence-electron chi connectivity index (χ3n) is 6.18. The molecule has 0 saturated carbocycles. The van der Waals surface area contributed by atoms with Gasteiger partial charge in [-0.3, -0.25) is 9.59 Å². The number of benzene rings is 2. The highest BCUT2D eigenvalue weighted by Gasteiger charge is 2.47. The van der Waals surface area contributed by atoms with Gasteiger partial charge in [0.05, 0.1) is 24.8 Å². The molecule has 162 valence electrons. The van der Waals surface area contributed by atoms with E-state index in [1.807, 2.05) is 44.2 Å². The van der Waals surface area contributed by atoms with E-state index in [2.05, 4.69) is 0 Å². The number of aliphatic hydroxyl groups is 1. The summed E-state index contributed by atoms with van der Waals surface area (Å²) in [4.78, 5) is 27.7. The number of aliphatic hydroxyl groups excluding tert-OH is 1. The molecule has 6 heteroatoms. The largest absolute Gasteiger partial charge is 0.507 e. The van der Waals surface area contributed by atoms with Gasteiger partial charge in [0.15, 0.2) is 0 Å². The minimum Gasteiger partial charge on any atom is -0.507 e. The van der Waals surface area contributed by atoms with Crippen molar-refractivity contribution in [1.82, 2.24) is 4.90 Å². The molecule has 2 fully saturated rings. The van der Waals surface area contributed by atoms with Crippen LogP contribution in [0.4, 0.5) is 0 Å². The summed E-state index contributed by atoms with van der Waals surface area (Å²) in [6, 6.07) is 12.0. The maximum absolute atomic E-state index is 13.1. The molecule has 2 aromatic carbocycles. The summed E-state index contributed by atoms with van der Waals surface area (Å²) in [5.74, 6) is -0.939. The second-order valence-corrected chi connectivity index (χ2v) is 8.13. The van der Waals surface area contributed by atoms with E-state index in [9.17, 15) is 14.7 Å². The molecule has 0 radical (unpaired) electrons. The minimum atomic E-state index is -0.748. The number of ketones is 1. The zero-order valence-electron chi connectivity index (χ0n) is 18.1. The first-order chi connectivity index (χ1) is 14.9. The highest BCUT2D eigenvalue weighted by molar-refractivity contribution is 6.46. The van der Waals surface area contributed by atoms with Gasteiger partial charge in [-0.05, 0) is 49.9 Å². The average Bonchev–Trinajstić information content (AvgIpc) is 3.37. The number of likely N-dealkylation sites (tertiary alicyclic amines) is 1. The Hall–Kier alpha value is -3.12. The van der Waals surface area contributed by atoms with E-state index >= 15 is 0 Å². The van der Waals surface area contributed by atoms with Gasteiger partial charge >= 0.3 is 0 Å². The molecule has 31 heavy (non-hydrogen) atoms. The minimum absolute atomic E-state index is 0.0794. The summed E-state index contributed by atoms with van der Waals surface area (Å²) in [7, 11) is 1.55. The van der Waals surface area contributed by atoms with Crippen molar-refractivity contribution in [2.45, 2.75) is 38.8 Å². The van der Waals surface area contributed by atoms with Gasteiger partial charge in [-0.25, -0.2) is 0 Å². The van der Waals surface area contributed by atoms with Crippen LogP contribution in [0.3, 0.4) is 0 Å². The number of amides is 1. The van der Waals surface area contributed by atoms with Gasteiger partial charge in [0.25, 0.3) is 11.7 Å². The Bertz CT molecular complexity index is 1050. The quantitative estimate of drug-likeness (QED) is 0.450. The molecule has 2 aromatic rings. The van der Waals surface area contributed by atoms with Crippen molar-refractivity contribution in [3.8, 4) is 5.75 Å². The van der Waals surface area contributed by atoms with E-state index < -0.39 is 17.7 Å². The van der Waals surface area contributed by atoms with Gasteiger partial charge in [0.2, 0.25) is 0 Å². The number of rotatable bonds is 5. The molecular formula is C25H27NO5. The molecule has 4 rings (SSSR count). The monoisotopic (exact) mass is 421 g/mol. The van der Waals surface area contributed by atoms with Crippen LogP contribution < -0.4 is 4.74 Å². The number of hydrogen-bond donors (Lipinski definition) is 1. The zero-order valence-corrected chi connectivity index (χ0v) is 18.1. The first-order valence-electron chi connectivity index (χ1n) is 10.5. The molecule has 1 amide bonds. The lowest BCUT2D eigenvalue weighted by Gasteiger charge is -2.28. The summed E-state index contributed by atoms with van der Waals surface area (Å²) >= 11 is 0. The third-order valence-corrected chi connectivity index (χ3v) is 6.18. The van der Waals surface area contributed by atoms with Crippen LogP contribution >= 0.6 is 0 Å². The van der Waals surface area contributed by atoms with Crippen LogP contribution in [0.25, 0.3) is 5.76 Å². The van der Waals surface area contributed by atoms with Crippen molar-refractivity contribution in [1.29, 1.82) is 0 Å². The van der Waals surface area contributed by atoms with Crippen molar-refractivity contribution in [3.63, 3.8) is 0 Å². The van der Waals surface area contributed by atoms with Crippen LogP contribution in [0, 0.1) is 13.8 Å². The lowest BCUT2D eigenvalue weighted by molar-refractivity contribution is -0.140.